The molecule has 4 rings (SSSR count). The lowest BCUT2D eigenvalue weighted by Crippen LogP contribution is -2.46. The van der Waals surface area contributed by atoms with Crippen molar-refractivity contribution in [1.82, 2.24) is 9.21 Å². The lowest BCUT2D eigenvalue weighted by molar-refractivity contribution is -0.133. The van der Waals surface area contributed by atoms with Gasteiger partial charge in [0.1, 0.15) is 11.1 Å². The van der Waals surface area contributed by atoms with Gasteiger partial charge in [0.2, 0.25) is 15.9 Å². The molecule has 0 spiro atoms. The molecule has 0 aliphatic carbocycles. The van der Waals surface area contributed by atoms with Gasteiger partial charge in [0.15, 0.2) is 0 Å². The van der Waals surface area contributed by atoms with Crippen LogP contribution in [0.15, 0.2) is 48.5 Å². The molecule has 34 heavy (non-hydrogen) atoms. The summed E-state index contributed by atoms with van der Waals surface area (Å²) in [6.07, 6.45) is 2.30. The second kappa shape index (κ2) is 9.76. The Balaban J connectivity index is 1.46. The second-order valence-electron chi connectivity index (χ2n) is 9.58. The van der Waals surface area contributed by atoms with Crippen molar-refractivity contribution >= 4 is 15.9 Å². The van der Waals surface area contributed by atoms with Crippen LogP contribution in [-0.2, 0) is 26.8 Å². The number of piperidine rings is 1. The highest BCUT2D eigenvalue weighted by molar-refractivity contribution is 7.89. The van der Waals surface area contributed by atoms with Gasteiger partial charge in [-0.25, -0.2) is 12.8 Å². The Labute approximate surface area is 201 Å². The van der Waals surface area contributed by atoms with Crippen molar-refractivity contribution in [2.75, 3.05) is 19.6 Å². The van der Waals surface area contributed by atoms with Gasteiger partial charge in [-0.05, 0) is 61.8 Å². The minimum atomic E-state index is -3.56. The number of halogens is 1. The molecule has 0 aromatic heterocycles. The van der Waals surface area contributed by atoms with Gasteiger partial charge in [0.05, 0.1) is 5.60 Å². The Morgan fingerprint density at radius 2 is 1.79 bits per heavy atom. The third-order valence-corrected chi connectivity index (χ3v) is 9.85. The van der Waals surface area contributed by atoms with E-state index in [0.717, 1.165) is 12.0 Å². The average Bonchev–Trinajstić information content (AvgIpc) is 2.80. The summed E-state index contributed by atoms with van der Waals surface area (Å²) in [6.45, 7) is 4.48. The first kappa shape index (κ1) is 24.8. The smallest absolute Gasteiger partial charge is 0.221 e. The van der Waals surface area contributed by atoms with Gasteiger partial charge in [-0.15, -0.1) is 0 Å². The van der Waals surface area contributed by atoms with Crippen molar-refractivity contribution in [3.05, 3.63) is 71.0 Å². The van der Waals surface area contributed by atoms with Crippen LogP contribution in [0.25, 0.3) is 0 Å². The fourth-order valence-electron chi connectivity index (χ4n) is 5.20. The summed E-state index contributed by atoms with van der Waals surface area (Å²) in [5, 5.41) is 10.5. The van der Waals surface area contributed by atoms with Crippen molar-refractivity contribution in [3.63, 3.8) is 0 Å². The predicted molar refractivity (Wildman–Crippen MR) is 129 cm³/mol. The number of sulfonamides is 1. The highest BCUT2D eigenvalue weighted by Crippen LogP contribution is 2.38. The van der Waals surface area contributed by atoms with E-state index in [9.17, 15) is 18.3 Å². The van der Waals surface area contributed by atoms with Crippen LogP contribution in [0.5, 0.6) is 0 Å². The highest BCUT2D eigenvalue weighted by atomic mass is 32.2. The molecule has 2 aliphatic rings. The van der Waals surface area contributed by atoms with Crippen molar-refractivity contribution in [2.24, 2.45) is 0 Å². The molecular formula is C26H33FN2O4S. The summed E-state index contributed by atoms with van der Waals surface area (Å²) in [5.41, 5.74) is 0.552. The number of hydrogen-bond acceptors (Lipinski definition) is 4. The van der Waals surface area contributed by atoms with Crippen molar-refractivity contribution in [3.8, 4) is 0 Å². The number of amides is 1. The first-order chi connectivity index (χ1) is 16.1. The molecular weight excluding hydrogens is 455 g/mol. The zero-order chi connectivity index (χ0) is 24.5. The monoisotopic (exact) mass is 488 g/mol. The van der Waals surface area contributed by atoms with E-state index in [4.69, 9.17) is 0 Å². The Morgan fingerprint density at radius 1 is 1.12 bits per heavy atom. The molecule has 6 nitrogen and oxygen atoms in total. The Kier molecular flexibility index (Phi) is 7.12. The standard InChI is InChI=1S/C26H33FN2O4S/c1-19-8-11-25(22-6-4-3-5-7-22)34(32,33)29(19)15-12-21-9-10-23(18-24(21)27)26(31)13-16-28(17-14-26)20(2)30/h3-7,9-10,18-19,25,31H,8,11-17H2,1-2H3/t19-,25+/m0/s1. The fraction of sp³-hybridized carbons (Fsp3) is 0.500. The van der Waals surface area contributed by atoms with Gasteiger partial charge in [0.25, 0.3) is 0 Å². The molecule has 2 aromatic carbocycles. The number of rotatable bonds is 5. The first-order valence-corrected chi connectivity index (χ1v) is 13.4. The van der Waals surface area contributed by atoms with Crippen LogP contribution in [0.1, 0.15) is 61.5 Å². The third-order valence-electron chi connectivity index (χ3n) is 7.42. The first-order valence-electron chi connectivity index (χ1n) is 11.9. The van der Waals surface area contributed by atoms with E-state index in [1.165, 1.54) is 17.3 Å². The Morgan fingerprint density at radius 3 is 2.41 bits per heavy atom. The van der Waals surface area contributed by atoms with Crippen molar-refractivity contribution < 1.29 is 22.7 Å². The predicted octanol–water partition coefficient (Wildman–Crippen LogP) is 3.75. The van der Waals surface area contributed by atoms with Gasteiger partial charge in [0, 0.05) is 32.6 Å². The molecule has 184 valence electrons. The molecule has 2 atom stereocenters. The molecule has 2 aliphatic heterocycles. The molecule has 2 fully saturated rings. The zero-order valence-electron chi connectivity index (χ0n) is 19.8. The number of hydrogen-bond donors (Lipinski definition) is 1. The minimum absolute atomic E-state index is 0.0278. The minimum Gasteiger partial charge on any atom is -0.385 e. The van der Waals surface area contributed by atoms with Gasteiger partial charge < -0.3 is 10.0 Å². The molecule has 8 heteroatoms. The summed E-state index contributed by atoms with van der Waals surface area (Å²) < 4.78 is 43.3. The maximum absolute atomic E-state index is 15.0. The van der Waals surface area contributed by atoms with E-state index in [0.29, 0.717) is 43.5 Å². The average molecular weight is 489 g/mol. The number of aliphatic hydroxyl groups is 1. The largest absolute Gasteiger partial charge is 0.385 e. The topological polar surface area (TPSA) is 77.9 Å². The molecule has 1 amide bonds. The van der Waals surface area contributed by atoms with E-state index < -0.39 is 26.7 Å². The molecule has 0 unspecified atom stereocenters. The maximum Gasteiger partial charge on any atom is 0.221 e. The van der Waals surface area contributed by atoms with Crippen LogP contribution >= 0.6 is 0 Å². The van der Waals surface area contributed by atoms with Gasteiger partial charge >= 0.3 is 0 Å². The van der Waals surface area contributed by atoms with Crippen LogP contribution in [0.3, 0.4) is 0 Å². The molecule has 0 bridgehead atoms. The summed E-state index contributed by atoms with van der Waals surface area (Å²) in [6, 6.07) is 13.9. The lowest BCUT2D eigenvalue weighted by atomic mass is 9.84. The third kappa shape index (κ3) is 4.90. The van der Waals surface area contributed by atoms with Gasteiger partial charge in [-0.2, -0.15) is 4.31 Å². The van der Waals surface area contributed by atoms with Crippen LogP contribution in [0.2, 0.25) is 0 Å². The van der Waals surface area contributed by atoms with E-state index in [2.05, 4.69) is 0 Å². The van der Waals surface area contributed by atoms with E-state index in [1.807, 2.05) is 37.3 Å². The summed E-state index contributed by atoms with van der Waals surface area (Å²) in [5.74, 6) is -0.471. The number of carbonyl (C=O) groups excluding carboxylic acids is 1. The summed E-state index contributed by atoms with van der Waals surface area (Å²) in [4.78, 5) is 13.2. The van der Waals surface area contributed by atoms with E-state index in [-0.39, 0.29) is 24.9 Å². The maximum atomic E-state index is 15.0. The fourth-order valence-corrected chi connectivity index (χ4v) is 7.42. The lowest BCUT2D eigenvalue weighted by Gasteiger charge is -2.38. The molecule has 0 radical (unpaired) electrons. The van der Waals surface area contributed by atoms with Gasteiger partial charge in [-0.3, -0.25) is 4.79 Å². The SMILES string of the molecule is CC(=O)N1CCC(O)(c2ccc(CCN3[C@@H](C)CC[C@H](c4ccccc4)S3(=O)=O)c(F)c2)CC1. The summed E-state index contributed by atoms with van der Waals surface area (Å²) in [7, 11) is -3.56. The van der Waals surface area contributed by atoms with Crippen molar-refractivity contribution in [1.29, 1.82) is 0 Å². The van der Waals surface area contributed by atoms with Crippen LogP contribution in [0.4, 0.5) is 4.39 Å². The van der Waals surface area contributed by atoms with Crippen LogP contribution < -0.4 is 0 Å². The zero-order valence-corrected chi connectivity index (χ0v) is 20.6. The quantitative estimate of drug-likeness (QED) is 0.695. The van der Waals surface area contributed by atoms with Crippen LogP contribution in [-0.4, -0.2) is 54.3 Å². The van der Waals surface area contributed by atoms with E-state index >= 15 is 4.39 Å². The number of carbonyl (C=O) groups is 1. The number of likely N-dealkylation sites (tertiary alicyclic amines) is 1. The highest BCUT2D eigenvalue weighted by Gasteiger charge is 2.40. The molecule has 2 aromatic rings. The van der Waals surface area contributed by atoms with E-state index in [1.54, 1.807) is 17.0 Å². The Bertz CT molecular complexity index is 1130. The summed E-state index contributed by atoms with van der Waals surface area (Å²) >= 11 is 0. The second-order valence-corrected chi connectivity index (χ2v) is 11.6. The molecule has 1 N–H and O–H groups in total. The Hall–Kier alpha value is -2.29. The molecule has 2 heterocycles. The molecule has 2 saturated heterocycles. The number of nitrogens with zero attached hydrogens (tertiary/aromatic N) is 2. The van der Waals surface area contributed by atoms with Gasteiger partial charge in [-0.1, -0.05) is 42.5 Å². The number of benzene rings is 2. The molecule has 0 saturated carbocycles. The van der Waals surface area contributed by atoms with Crippen LogP contribution in [0, 0.1) is 5.82 Å². The normalized spacial score (nSPS) is 24.6. The van der Waals surface area contributed by atoms with Crippen molar-refractivity contribution in [2.45, 2.75) is 62.8 Å².